The zero-order valence-electron chi connectivity index (χ0n) is 12.4. The van der Waals surface area contributed by atoms with Crippen LogP contribution in [0.15, 0.2) is 42.5 Å². The molecule has 0 unspecified atom stereocenters. The van der Waals surface area contributed by atoms with Crippen LogP contribution in [-0.4, -0.2) is 26.8 Å². The highest BCUT2D eigenvalue weighted by atomic mass is 16.5. The van der Waals surface area contributed by atoms with E-state index < -0.39 is 0 Å². The molecule has 21 heavy (non-hydrogen) atoms. The molecule has 0 aromatic heterocycles. The van der Waals surface area contributed by atoms with Gasteiger partial charge in [0.05, 0.1) is 26.4 Å². The lowest BCUT2D eigenvalue weighted by molar-refractivity contribution is 0.0527. The summed E-state index contributed by atoms with van der Waals surface area (Å²) < 4.78 is 15.6. The molecule has 2 rings (SSSR count). The number of benzene rings is 2. The average molecular weight is 286 g/mol. The lowest BCUT2D eigenvalue weighted by atomic mass is 9.99. The summed E-state index contributed by atoms with van der Waals surface area (Å²) in [5.74, 6) is 0.936. The number of esters is 1. The third-order valence-electron chi connectivity index (χ3n) is 3.12. The minimum absolute atomic E-state index is 0.331. The van der Waals surface area contributed by atoms with Gasteiger partial charge in [-0.3, -0.25) is 0 Å². The fourth-order valence-electron chi connectivity index (χ4n) is 2.13. The van der Waals surface area contributed by atoms with Gasteiger partial charge in [-0.15, -0.1) is 0 Å². The lowest BCUT2D eigenvalue weighted by Gasteiger charge is -2.12. The predicted octanol–water partition coefficient (Wildman–Crippen LogP) is 3.55. The fraction of sp³-hybridized carbons (Fsp3) is 0.235. The van der Waals surface area contributed by atoms with Gasteiger partial charge in [0, 0.05) is 0 Å². The molecular weight excluding hydrogens is 268 g/mol. The van der Waals surface area contributed by atoms with Crippen LogP contribution in [0.2, 0.25) is 0 Å². The Labute approximate surface area is 124 Å². The highest BCUT2D eigenvalue weighted by molar-refractivity contribution is 5.97. The summed E-state index contributed by atoms with van der Waals surface area (Å²) in [5.41, 5.74) is 2.21. The molecule has 0 saturated heterocycles. The van der Waals surface area contributed by atoms with E-state index in [1.54, 1.807) is 27.2 Å². The molecule has 2 aromatic carbocycles. The minimum atomic E-state index is -0.331. The number of ether oxygens (including phenoxy) is 3. The fourth-order valence-corrected chi connectivity index (χ4v) is 2.13. The van der Waals surface area contributed by atoms with Gasteiger partial charge in [0.2, 0.25) is 0 Å². The van der Waals surface area contributed by atoms with E-state index >= 15 is 0 Å². The van der Waals surface area contributed by atoms with Crippen molar-refractivity contribution < 1.29 is 19.0 Å². The van der Waals surface area contributed by atoms with Crippen LogP contribution >= 0.6 is 0 Å². The van der Waals surface area contributed by atoms with Gasteiger partial charge in [0.1, 0.15) is 0 Å². The van der Waals surface area contributed by atoms with Crippen molar-refractivity contribution >= 4 is 5.97 Å². The summed E-state index contributed by atoms with van der Waals surface area (Å²) in [5, 5.41) is 0. The lowest BCUT2D eigenvalue weighted by Crippen LogP contribution is -2.06. The first-order valence-corrected chi connectivity index (χ1v) is 6.69. The van der Waals surface area contributed by atoms with Crippen molar-refractivity contribution in [1.29, 1.82) is 0 Å². The molecule has 0 bridgehead atoms. The Kier molecular flexibility index (Phi) is 4.82. The second kappa shape index (κ2) is 6.79. The topological polar surface area (TPSA) is 44.8 Å². The Morgan fingerprint density at radius 2 is 1.71 bits per heavy atom. The van der Waals surface area contributed by atoms with Crippen molar-refractivity contribution in [2.75, 3.05) is 20.8 Å². The van der Waals surface area contributed by atoms with Gasteiger partial charge >= 0.3 is 5.97 Å². The van der Waals surface area contributed by atoms with Crippen LogP contribution in [0.5, 0.6) is 11.5 Å². The zero-order chi connectivity index (χ0) is 15.2. The smallest absolute Gasteiger partial charge is 0.338 e. The maximum Gasteiger partial charge on any atom is 0.338 e. The minimum Gasteiger partial charge on any atom is -0.493 e. The van der Waals surface area contributed by atoms with Crippen LogP contribution in [0, 0.1) is 0 Å². The highest BCUT2D eigenvalue weighted by Crippen LogP contribution is 2.33. The Morgan fingerprint density at radius 1 is 1.00 bits per heavy atom. The first kappa shape index (κ1) is 14.9. The Bertz CT molecular complexity index is 634. The summed E-state index contributed by atoms with van der Waals surface area (Å²) in [6, 6.07) is 12.9. The van der Waals surface area contributed by atoms with Crippen molar-refractivity contribution in [2.45, 2.75) is 6.92 Å². The SMILES string of the molecule is CCOC(=O)c1ccccc1-c1ccc(OC)c(OC)c1. The third-order valence-corrected chi connectivity index (χ3v) is 3.12. The van der Waals surface area contributed by atoms with E-state index in [0.29, 0.717) is 23.7 Å². The molecule has 0 spiro atoms. The van der Waals surface area contributed by atoms with Crippen LogP contribution < -0.4 is 9.47 Å². The molecule has 0 aliphatic rings. The molecular formula is C17H18O4. The van der Waals surface area contributed by atoms with E-state index in [-0.39, 0.29) is 5.97 Å². The second-order valence-corrected chi connectivity index (χ2v) is 4.34. The van der Waals surface area contributed by atoms with Crippen molar-refractivity contribution in [3.63, 3.8) is 0 Å². The number of rotatable bonds is 5. The second-order valence-electron chi connectivity index (χ2n) is 4.34. The monoisotopic (exact) mass is 286 g/mol. The van der Waals surface area contributed by atoms with E-state index in [2.05, 4.69) is 0 Å². The summed E-state index contributed by atoms with van der Waals surface area (Å²) >= 11 is 0. The predicted molar refractivity (Wildman–Crippen MR) is 80.9 cm³/mol. The Hall–Kier alpha value is -2.49. The van der Waals surface area contributed by atoms with Crippen molar-refractivity contribution in [3.05, 3.63) is 48.0 Å². The van der Waals surface area contributed by atoms with E-state index in [9.17, 15) is 4.79 Å². The van der Waals surface area contributed by atoms with Crippen LogP contribution in [0.4, 0.5) is 0 Å². The molecule has 0 heterocycles. The summed E-state index contributed by atoms with van der Waals surface area (Å²) in [6.45, 7) is 2.13. The van der Waals surface area contributed by atoms with Gasteiger partial charge < -0.3 is 14.2 Å². The van der Waals surface area contributed by atoms with Gasteiger partial charge in [-0.1, -0.05) is 24.3 Å². The zero-order valence-corrected chi connectivity index (χ0v) is 12.4. The van der Waals surface area contributed by atoms with Gasteiger partial charge in [-0.25, -0.2) is 4.79 Å². The van der Waals surface area contributed by atoms with Crippen LogP contribution in [0.3, 0.4) is 0 Å². The molecule has 2 aromatic rings. The molecule has 110 valence electrons. The molecule has 0 radical (unpaired) electrons. The molecule has 4 heteroatoms. The highest BCUT2D eigenvalue weighted by Gasteiger charge is 2.14. The van der Waals surface area contributed by atoms with E-state index in [4.69, 9.17) is 14.2 Å². The van der Waals surface area contributed by atoms with Crippen LogP contribution in [-0.2, 0) is 4.74 Å². The van der Waals surface area contributed by atoms with Gasteiger partial charge in [-0.2, -0.15) is 0 Å². The maximum absolute atomic E-state index is 12.0. The molecule has 0 amide bonds. The molecule has 0 atom stereocenters. The average Bonchev–Trinajstić information content (AvgIpc) is 2.54. The molecule has 0 aliphatic carbocycles. The number of carbonyl (C=O) groups excluding carboxylic acids is 1. The first-order chi connectivity index (χ1) is 10.2. The number of carbonyl (C=O) groups is 1. The molecule has 0 saturated carbocycles. The number of hydrogen-bond donors (Lipinski definition) is 0. The normalized spacial score (nSPS) is 10.0. The van der Waals surface area contributed by atoms with Crippen LogP contribution in [0.1, 0.15) is 17.3 Å². The van der Waals surface area contributed by atoms with Gasteiger partial charge in [0.25, 0.3) is 0 Å². The standard InChI is InChI=1S/C17H18O4/c1-4-21-17(18)14-8-6-5-7-13(14)12-9-10-15(19-2)16(11-12)20-3/h5-11H,4H2,1-3H3. The van der Waals surface area contributed by atoms with E-state index in [1.165, 1.54) is 0 Å². The molecule has 0 aliphatic heterocycles. The maximum atomic E-state index is 12.0. The summed E-state index contributed by atoms with van der Waals surface area (Å²) in [4.78, 5) is 12.0. The van der Waals surface area contributed by atoms with Crippen LogP contribution in [0.25, 0.3) is 11.1 Å². The number of methoxy groups -OCH3 is 2. The quantitative estimate of drug-likeness (QED) is 0.788. The van der Waals surface area contributed by atoms with E-state index in [1.807, 2.05) is 36.4 Å². The molecule has 0 N–H and O–H groups in total. The van der Waals surface area contributed by atoms with E-state index in [0.717, 1.165) is 11.1 Å². The summed E-state index contributed by atoms with van der Waals surface area (Å²) in [6.07, 6.45) is 0. The first-order valence-electron chi connectivity index (χ1n) is 6.69. The van der Waals surface area contributed by atoms with Crippen molar-refractivity contribution in [1.82, 2.24) is 0 Å². The Balaban J connectivity index is 2.49. The number of hydrogen-bond acceptors (Lipinski definition) is 4. The molecule has 4 nitrogen and oxygen atoms in total. The Morgan fingerprint density at radius 3 is 2.38 bits per heavy atom. The van der Waals surface area contributed by atoms with Crippen molar-refractivity contribution in [3.8, 4) is 22.6 Å². The van der Waals surface area contributed by atoms with Gasteiger partial charge in [-0.05, 0) is 36.2 Å². The summed E-state index contributed by atoms with van der Waals surface area (Å²) in [7, 11) is 3.17. The largest absolute Gasteiger partial charge is 0.493 e. The third kappa shape index (κ3) is 3.16. The molecule has 0 fully saturated rings. The van der Waals surface area contributed by atoms with Gasteiger partial charge in [0.15, 0.2) is 11.5 Å². The van der Waals surface area contributed by atoms with Crippen molar-refractivity contribution in [2.24, 2.45) is 0 Å².